The molecule has 240 valence electrons. The van der Waals surface area contributed by atoms with Gasteiger partial charge in [-0.05, 0) is 60.7 Å². The van der Waals surface area contributed by atoms with Crippen LogP contribution in [0.15, 0.2) is 48.2 Å². The number of carbonyl (C=O) groups is 3. The summed E-state index contributed by atoms with van der Waals surface area (Å²) in [6.07, 6.45) is 1.63. The molecule has 3 aromatic rings. The molecule has 3 N–H and O–H groups in total. The fourth-order valence-corrected chi connectivity index (χ4v) is 6.79. The van der Waals surface area contributed by atoms with E-state index >= 15 is 4.39 Å². The molecule has 1 fully saturated rings. The van der Waals surface area contributed by atoms with Crippen LogP contribution < -0.4 is 10.1 Å². The van der Waals surface area contributed by atoms with Crippen molar-refractivity contribution >= 4 is 35.1 Å². The molecule has 3 heterocycles. The highest BCUT2D eigenvalue weighted by molar-refractivity contribution is 6.36. The Balaban J connectivity index is 1.33. The number of carbonyl (C=O) groups excluding carboxylic acids is 2. The van der Waals surface area contributed by atoms with Crippen LogP contribution in [0.2, 0.25) is 5.02 Å². The number of amides is 2. The summed E-state index contributed by atoms with van der Waals surface area (Å²) >= 11 is 6.94. The number of ether oxygens (including phenoxy) is 1. The molecule has 1 saturated heterocycles. The maximum absolute atomic E-state index is 15.6. The van der Waals surface area contributed by atoms with Gasteiger partial charge in [-0.2, -0.15) is 0 Å². The number of pyridine rings is 1. The number of methoxy groups -OCH3 is 1. The SMILES string of the molecule is COc1nc(-c2ccc(F)c(-c3cccc(NC(=O)C4=CN(C)C(O)N(C)C4=O)c3C)c2Cl)cc2c1[C@@H](N1CC(C(=O)O)C1)CC2. The molecule has 11 nitrogen and oxygen atoms in total. The van der Waals surface area contributed by atoms with Crippen molar-refractivity contribution in [3.05, 3.63) is 75.7 Å². The van der Waals surface area contributed by atoms with Crippen molar-refractivity contribution < 1.29 is 33.7 Å². The molecule has 13 heteroatoms. The molecular formula is C33H33ClFN5O6. The minimum atomic E-state index is -1.19. The number of rotatable bonds is 7. The van der Waals surface area contributed by atoms with Gasteiger partial charge in [0.05, 0.1) is 23.7 Å². The topological polar surface area (TPSA) is 136 Å². The van der Waals surface area contributed by atoms with Crippen molar-refractivity contribution in [3.63, 3.8) is 0 Å². The molecule has 3 aliphatic rings. The largest absolute Gasteiger partial charge is 0.481 e. The Labute approximate surface area is 269 Å². The second kappa shape index (κ2) is 12.0. The highest BCUT2D eigenvalue weighted by Gasteiger charge is 2.41. The second-order valence-electron chi connectivity index (χ2n) is 11.8. The lowest BCUT2D eigenvalue weighted by Gasteiger charge is -2.41. The first-order chi connectivity index (χ1) is 21.9. The number of nitrogens with one attached hydrogen (secondary N) is 1. The number of aromatic nitrogens is 1. The fourth-order valence-electron chi connectivity index (χ4n) is 6.44. The summed E-state index contributed by atoms with van der Waals surface area (Å²) in [4.78, 5) is 46.4. The lowest BCUT2D eigenvalue weighted by Crippen LogP contribution is -2.51. The van der Waals surface area contributed by atoms with Crippen LogP contribution in [-0.4, -0.2) is 88.3 Å². The van der Waals surface area contributed by atoms with Crippen LogP contribution >= 0.6 is 11.6 Å². The number of anilines is 1. The molecule has 2 aromatic carbocycles. The van der Waals surface area contributed by atoms with E-state index in [1.807, 2.05) is 6.07 Å². The van der Waals surface area contributed by atoms with Gasteiger partial charge < -0.3 is 25.2 Å². The molecule has 2 amide bonds. The maximum atomic E-state index is 15.6. The number of nitrogens with zero attached hydrogens (tertiary/aromatic N) is 4. The smallest absolute Gasteiger partial charge is 0.309 e. The Kier molecular flexibility index (Phi) is 8.21. The first-order valence-corrected chi connectivity index (χ1v) is 15.1. The van der Waals surface area contributed by atoms with E-state index in [2.05, 4.69) is 10.2 Å². The van der Waals surface area contributed by atoms with Gasteiger partial charge in [0.15, 0.2) is 0 Å². The Morgan fingerprint density at radius 3 is 2.59 bits per heavy atom. The third-order valence-corrected chi connectivity index (χ3v) is 9.47. The van der Waals surface area contributed by atoms with E-state index in [0.29, 0.717) is 47.0 Å². The summed E-state index contributed by atoms with van der Waals surface area (Å²) in [5, 5.41) is 22.3. The lowest BCUT2D eigenvalue weighted by molar-refractivity contribution is -0.150. The molecule has 0 bridgehead atoms. The number of carboxylic acid groups (broad SMARTS) is 1. The number of benzene rings is 2. The second-order valence-corrected chi connectivity index (χ2v) is 12.2. The van der Waals surface area contributed by atoms with E-state index < -0.39 is 30.0 Å². The van der Waals surface area contributed by atoms with E-state index in [1.54, 1.807) is 31.2 Å². The Morgan fingerprint density at radius 2 is 1.89 bits per heavy atom. The number of likely N-dealkylation sites (N-methyl/N-ethyl adjacent to an activating group) is 1. The van der Waals surface area contributed by atoms with Gasteiger partial charge >= 0.3 is 5.97 Å². The number of aliphatic hydroxyl groups excluding tert-OH is 1. The number of carboxylic acids is 1. The van der Waals surface area contributed by atoms with Gasteiger partial charge in [0.1, 0.15) is 11.4 Å². The molecule has 1 unspecified atom stereocenters. The number of aryl methyl sites for hydroxylation is 1. The van der Waals surface area contributed by atoms with Crippen LogP contribution in [0.3, 0.4) is 0 Å². The van der Waals surface area contributed by atoms with Gasteiger partial charge in [-0.15, -0.1) is 0 Å². The Morgan fingerprint density at radius 1 is 1.15 bits per heavy atom. The summed E-state index contributed by atoms with van der Waals surface area (Å²) in [6.45, 7) is 2.66. The Hall–Kier alpha value is -4.52. The number of fused-ring (bicyclic) bond motifs is 1. The van der Waals surface area contributed by atoms with Crippen molar-refractivity contribution in [1.82, 2.24) is 19.7 Å². The molecule has 1 aromatic heterocycles. The minimum absolute atomic E-state index is 0.00693. The molecular weight excluding hydrogens is 617 g/mol. The van der Waals surface area contributed by atoms with Gasteiger partial charge in [0.2, 0.25) is 12.2 Å². The zero-order chi connectivity index (χ0) is 33.0. The summed E-state index contributed by atoms with van der Waals surface area (Å²) in [6, 6.07) is 9.81. The number of aliphatic carboxylic acids is 1. The van der Waals surface area contributed by atoms with Crippen LogP contribution in [-0.2, 0) is 20.8 Å². The zero-order valence-electron chi connectivity index (χ0n) is 25.7. The summed E-state index contributed by atoms with van der Waals surface area (Å²) in [5.74, 6) is -2.64. The third kappa shape index (κ3) is 5.25. The predicted octanol–water partition coefficient (Wildman–Crippen LogP) is 4.03. The maximum Gasteiger partial charge on any atom is 0.309 e. The highest BCUT2D eigenvalue weighted by atomic mass is 35.5. The summed E-state index contributed by atoms with van der Waals surface area (Å²) in [7, 11) is 4.46. The third-order valence-electron chi connectivity index (χ3n) is 9.08. The molecule has 2 aliphatic heterocycles. The van der Waals surface area contributed by atoms with Gasteiger partial charge in [-0.3, -0.25) is 24.2 Å². The van der Waals surface area contributed by atoms with Crippen molar-refractivity contribution in [3.8, 4) is 28.3 Å². The average molecular weight is 650 g/mol. The van der Waals surface area contributed by atoms with Crippen LogP contribution in [0.1, 0.15) is 29.2 Å². The first kappa shape index (κ1) is 31.5. The van der Waals surface area contributed by atoms with Crippen molar-refractivity contribution in [1.29, 1.82) is 0 Å². The van der Waals surface area contributed by atoms with Crippen LogP contribution in [0.5, 0.6) is 5.88 Å². The molecule has 6 rings (SSSR count). The standard InChI is InChI=1S/C33H33ClFN5O6/c1-16-19(6-5-7-23(16)36-29(41)21-15-38(2)33(45)39(3)31(21)42)27-22(35)10-9-20(28(27)34)24-12-17-8-11-25(26(17)30(37-24)46-4)40-13-18(14-40)32(43)44/h5-7,9-10,12,15,18,25,33,45H,8,11,13-14H2,1-4H3,(H,36,41)(H,43,44)/t25-,33?/m0/s1. The quantitative estimate of drug-likeness (QED) is 0.324. The fraction of sp³-hybridized carbons (Fsp3) is 0.333. The molecule has 0 saturated carbocycles. The highest BCUT2D eigenvalue weighted by Crippen LogP contribution is 2.46. The number of hydrogen-bond donors (Lipinski definition) is 3. The van der Waals surface area contributed by atoms with Crippen molar-refractivity contribution in [2.75, 3.05) is 39.6 Å². The first-order valence-electron chi connectivity index (χ1n) is 14.7. The zero-order valence-corrected chi connectivity index (χ0v) is 26.4. The van der Waals surface area contributed by atoms with Crippen LogP contribution in [0, 0.1) is 18.7 Å². The van der Waals surface area contributed by atoms with Crippen molar-refractivity contribution in [2.24, 2.45) is 5.92 Å². The minimum Gasteiger partial charge on any atom is -0.481 e. The number of aliphatic hydroxyl groups is 1. The van der Waals surface area contributed by atoms with E-state index in [4.69, 9.17) is 21.3 Å². The molecule has 46 heavy (non-hydrogen) atoms. The van der Waals surface area contributed by atoms with Crippen molar-refractivity contribution in [2.45, 2.75) is 32.2 Å². The van der Waals surface area contributed by atoms with Crippen LogP contribution in [0.4, 0.5) is 10.1 Å². The monoisotopic (exact) mass is 649 g/mol. The normalized spacial score (nSPS) is 19.9. The predicted molar refractivity (Wildman–Crippen MR) is 168 cm³/mol. The van der Waals surface area contributed by atoms with Gasteiger partial charge in [0, 0.05) is 61.8 Å². The summed E-state index contributed by atoms with van der Waals surface area (Å²) < 4.78 is 21.3. The average Bonchev–Trinajstić information content (AvgIpc) is 3.41. The van der Waals surface area contributed by atoms with E-state index in [9.17, 15) is 24.6 Å². The Bertz CT molecular complexity index is 1810. The number of halogens is 2. The lowest BCUT2D eigenvalue weighted by atomic mass is 9.94. The van der Waals surface area contributed by atoms with E-state index in [0.717, 1.165) is 28.9 Å². The van der Waals surface area contributed by atoms with Gasteiger partial charge in [-0.1, -0.05) is 23.7 Å². The van der Waals surface area contributed by atoms with E-state index in [1.165, 1.54) is 38.4 Å². The number of likely N-dealkylation sites (tertiary alicyclic amines) is 1. The summed E-state index contributed by atoms with van der Waals surface area (Å²) in [5.41, 5.74) is 4.24. The molecule has 2 atom stereocenters. The van der Waals surface area contributed by atoms with E-state index in [-0.39, 0.29) is 28.1 Å². The molecule has 0 radical (unpaired) electrons. The molecule has 1 aliphatic carbocycles. The van der Waals surface area contributed by atoms with Crippen LogP contribution in [0.25, 0.3) is 22.4 Å². The number of hydrogen-bond acceptors (Lipinski definition) is 8. The van der Waals surface area contributed by atoms with Gasteiger partial charge in [-0.25, -0.2) is 9.37 Å². The molecule has 0 spiro atoms. The van der Waals surface area contributed by atoms with Gasteiger partial charge in [0.25, 0.3) is 11.8 Å².